The van der Waals surface area contributed by atoms with Crippen molar-refractivity contribution in [1.29, 1.82) is 0 Å². The Bertz CT molecular complexity index is 254. The Kier molecular flexibility index (Phi) is 2.34. The second-order valence-electron chi connectivity index (χ2n) is 2.61. The molecule has 64 valence electrons. The maximum absolute atomic E-state index is 11.1. The molecule has 1 heterocycles. The Balaban J connectivity index is 2.71. The first-order valence-electron chi connectivity index (χ1n) is 3.71. The third kappa shape index (κ3) is 1.40. The molecule has 1 fully saturated rings. The van der Waals surface area contributed by atoms with Gasteiger partial charge in [0.1, 0.15) is 6.04 Å². The molecule has 1 aliphatic rings. The summed E-state index contributed by atoms with van der Waals surface area (Å²) < 4.78 is 0. The molecule has 0 aromatic rings. The lowest BCUT2D eigenvalue weighted by molar-refractivity contribution is -0.138. The van der Waals surface area contributed by atoms with Crippen molar-refractivity contribution in [3.8, 4) is 12.3 Å². The zero-order chi connectivity index (χ0) is 9.14. The van der Waals surface area contributed by atoms with Crippen LogP contribution in [-0.2, 0) is 9.59 Å². The number of terminal acetylenes is 1. The Morgan fingerprint density at radius 2 is 2.50 bits per heavy atom. The van der Waals surface area contributed by atoms with Crippen molar-refractivity contribution in [1.82, 2.24) is 10.2 Å². The Labute approximate surface area is 70.9 Å². The highest BCUT2D eigenvalue weighted by molar-refractivity contribution is 5.97. The molecule has 1 N–H and O–H groups in total. The minimum absolute atomic E-state index is 0.148. The highest BCUT2D eigenvalue weighted by Crippen LogP contribution is 2.02. The number of amides is 2. The van der Waals surface area contributed by atoms with Gasteiger partial charge in [-0.05, 0) is 12.8 Å². The first-order valence-corrected chi connectivity index (χ1v) is 3.71. The summed E-state index contributed by atoms with van der Waals surface area (Å²) in [6.45, 7) is 2.64. The zero-order valence-electron chi connectivity index (χ0n) is 6.83. The Morgan fingerprint density at radius 3 is 3.08 bits per heavy atom. The van der Waals surface area contributed by atoms with Crippen LogP contribution in [-0.4, -0.2) is 35.8 Å². The lowest BCUT2D eigenvalue weighted by atomic mass is 10.2. The number of nitrogens with zero attached hydrogens (tertiary/aromatic N) is 1. The molecule has 0 bridgehead atoms. The zero-order valence-corrected chi connectivity index (χ0v) is 6.83. The van der Waals surface area contributed by atoms with E-state index in [2.05, 4.69) is 5.32 Å². The second-order valence-corrected chi connectivity index (χ2v) is 2.61. The summed E-state index contributed by atoms with van der Waals surface area (Å²) in [5, 5.41) is 2.64. The summed E-state index contributed by atoms with van der Waals surface area (Å²) in [6.07, 6.45) is 4.94. The lowest BCUT2D eigenvalue weighted by Crippen LogP contribution is -2.55. The summed E-state index contributed by atoms with van der Waals surface area (Å²) in [4.78, 5) is 23.5. The largest absolute Gasteiger partial charge is 0.353 e. The third-order valence-electron chi connectivity index (χ3n) is 1.88. The van der Waals surface area contributed by atoms with Crippen molar-refractivity contribution in [2.45, 2.75) is 13.0 Å². The van der Waals surface area contributed by atoms with Gasteiger partial charge in [-0.1, -0.05) is 0 Å². The average Bonchev–Trinajstić information content (AvgIpc) is 2.08. The third-order valence-corrected chi connectivity index (χ3v) is 1.88. The molecule has 4 heteroatoms. The van der Waals surface area contributed by atoms with E-state index in [0.717, 1.165) is 0 Å². The van der Waals surface area contributed by atoms with Gasteiger partial charge in [0.25, 0.3) is 5.91 Å². The van der Waals surface area contributed by atoms with E-state index in [-0.39, 0.29) is 5.91 Å². The maximum atomic E-state index is 11.1. The lowest BCUT2D eigenvalue weighted by Gasteiger charge is -2.31. The fourth-order valence-electron chi connectivity index (χ4n) is 1.14. The fourth-order valence-corrected chi connectivity index (χ4v) is 1.14. The van der Waals surface area contributed by atoms with E-state index in [0.29, 0.717) is 13.1 Å². The van der Waals surface area contributed by atoms with E-state index in [1.165, 1.54) is 4.90 Å². The first kappa shape index (κ1) is 8.60. The molecule has 1 aliphatic heterocycles. The molecule has 12 heavy (non-hydrogen) atoms. The van der Waals surface area contributed by atoms with Gasteiger partial charge in [-0.25, -0.2) is 0 Å². The number of hydrogen-bond donors (Lipinski definition) is 1. The van der Waals surface area contributed by atoms with Gasteiger partial charge in [-0.3, -0.25) is 9.59 Å². The van der Waals surface area contributed by atoms with Crippen molar-refractivity contribution >= 4 is 11.8 Å². The topological polar surface area (TPSA) is 49.4 Å². The van der Waals surface area contributed by atoms with Crippen LogP contribution in [0.2, 0.25) is 0 Å². The van der Waals surface area contributed by atoms with Crippen LogP contribution in [0.15, 0.2) is 0 Å². The number of piperazine rings is 1. The molecule has 2 amide bonds. The van der Waals surface area contributed by atoms with Gasteiger partial charge in [0.05, 0.1) is 0 Å². The van der Waals surface area contributed by atoms with Crippen LogP contribution >= 0.6 is 0 Å². The normalized spacial score (nSPS) is 22.8. The Morgan fingerprint density at radius 1 is 1.83 bits per heavy atom. The first-order chi connectivity index (χ1) is 5.66. The molecule has 0 radical (unpaired) electrons. The molecule has 0 aromatic heterocycles. The Hall–Kier alpha value is -1.50. The maximum Gasteiger partial charge on any atom is 0.298 e. The minimum atomic E-state index is -0.442. The van der Waals surface area contributed by atoms with E-state index in [1.807, 2.05) is 5.92 Å². The molecule has 0 aliphatic carbocycles. The van der Waals surface area contributed by atoms with E-state index in [1.54, 1.807) is 6.92 Å². The van der Waals surface area contributed by atoms with Gasteiger partial charge in [0.2, 0.25) is 5.91 Å². The second kappa shape index (κ2) is 3.26. The summed E-state index contributed by atoms with van der Waals surface area (Å²) in [5.41, 5.74) is 0. The molecule has 1 unspecified atom stereocenters. The van der Waals surface area contributed by atoms with Crippen LogP contribution in [0, 0.1) is 12.3 Å². The van der Waals surface area contributed by atoms with Crippen molar-refractivity contribution < 1.29 is 9.59 Å². The SMILES string of the molecule is C#CC(=O)N1CCNC(=O)C1C. The number of carbonyl (C=O) groups is 2. The van der Waals surface area contributed by atoms with Crippen molar-refractivity contribution in [2.24, 2.45) is 0 Å². The van der Waals surface area contributed by atoms with Crippen LogP contribution in [0.5, 0.6) is 0 Å². The summed E-state index contributed by atoms with van der Waals surface area (Å²) in [7, 11) is 0. The molecule has 1 atom stereocenters. The van der Waals surface area contributed by atoms with E-state index in [9.17, 15) is 9.59 Å². The standard InChI is InChI=1S/C8H10N2O2/c1-3-7(11)10-5-4-9-8(12)6(10)2/h1,6H,4-5H2,2H3,(H,9,12). The van der Waals surface area contributed by atoms with Gasteiger partial charge >= 0.3 is 0 Å². The van der Waals surface area contributed by atoms with Crippen molar-refractivity contribution in [3.63, 3.8) is 0 Å². The number of rotatable bonds is 0. The predicted molar refractivity (Wildman–Crippen MR) is 43.0 cm³/mol. The quantitative estimate of drug-likeness (QED) is 0.468. The average molecular weight is 166 g/mol. The molecule has 0 aromatic carbocycles. The molecular weight excluding hydrogens is 156 g/mol. The van der Waals surface area contributed by atoms with Gasteiger partial charge in [-0.2, -0.15) is 0 Å². The van der Waals surface area contributed by atoms with Gasteiger partial charge in [-0.15, -0.1) is 6.42 Å². The predicted octanol–water partition coefficient (Wildman–Crippen LogP) is -1.03. The van der Waals surface area contributed by atoms with Crippen LogP contribution in [0.1, 0.15) is 6.92 Å². The van der Waals surface area contributed by atoms with Crippen molar-refractivity contribution in [2.75, 3.05) is 13.1 Å². The van der Waals surface area contributed by atoms with Crippen molar-refractivity contribution in [3.05, 3.63) is 0 Å². The smallest absolute Gasteiger partial charge is 0.298 e. The minimum Gasteiger partial charge on any atom is -0.353 e. The summed E-state index contributed by atoms with van der Waals surface area (Å²) in [5.74, 6) is 1.43. The van der Waals surface area contributed by atoms with E-state index >= 15 is 0 Å². The molecule has 1 saturated heterocycles. The number of carbonyl (C=O) groups excluding carboxylic acids is 2. The van der Waals surface area contributed by atoms with Crippen LogP contribution in [0.25, 0.3) is 0 Å². The van der Waals surface area contributed by atoms with Crippen LogP contribution in [0.4, 0.5) is 0 Å². The summed E-state index contributed by atoms with van der Waals surface area (Å²) >= 11 is 0. The number of hydrogen-bond acceptors (Lipinski definition) is 2. The van der Waals surface area contributed by atoms with Crippen LogP contribution in [0.3, 0.4) is 0 Å². The summed E-state index contributed by atoms with van der Waals surface area (Å²) in [6, 6.07) is -0.442. The molecule has 0 spiro atoms. The molecule has 0 saturated carbocycles. The highest BCUT2D eigenvalue weighted by Gasteiger charge is 2.27. The monoisotopic (exact) mass is 166 g/mol. The van der Waals surface area contributed by atoms with E-state index in [4.69, 9.17) is 6.42 Å². The van der Waals surface area contributed by atoms with Crippen LogP contribution < -0.4 is 5.32 Å². The van der Waals surface area contributed by atoms with Gasteiger partial charge < -0.3 is 10.2 Å². The molecule has 4 nitrogen and oxygen atoms in total. The fraction of sp³-hybridized carbons (Fsp3) is 0.500. The van der Waals surface area contributed by atoms with E-state index < -0.39 is 11.9 Å². The van der Waals surface area contributed by atoms with Gasteiger partial charge in [0.15, 0.2) is 0 Å². The number of nitrogens with one attached hydrogen (secondary N) is 1. The highest BCUT2D eigenvalue weighted by atomic mass is 16.2. The van der Waals surface area contributed by atoms with Gasteiger partial charge in [0, 0.05) is 13.1 Å². The molecular formula is C8H10N2O2. The molecule has 1 rings (SSSR count).